The number of anilines is 1. The van der Waals surface area contributed by atoms with Crippen molar-refractivity contribution < 1.29 is 9.53 Å². The largest absolute Gasteiger partial charge is 0.462 e. The van der Waals surface area contributed by atoms with E-state index in [1.807, 2.05) is 19.9 Å². The van der Waals surface area contributed by atoms with Crippen molar-refractivity contribution in [2.75, 3.05) is 12.3 Å². The molecule has 0 aliphatic heterocycles. The van der Waals surface area contributed by atoms with Crippen LogP contribution in [0.2, 0.25) is 0 Å². The minimum atomic E-state index is -0.277. The quantitative estimate of drug-likeness (QED) is 0.483. The fourth-order valence-electron chi connectivity index (χ4n) is 1.49. The van der Waals surface area contributed by atoms with Gasteiger partial charge in [-0.05, 0) is 43.5 Å². The van der Waals surface area contributed by atoms with Crippen molar-refractivity contribution >= 4 is 11.7 Å². The molecule has 0 atom stereocenters. The molecule has 3 heteroatoms. The van der Waals surface area contributed by atoms with Gasteiger partial charge in [-0.1, -0.05) is 13.3 Å². The molecule has 0 amide bonds. The molecule has 0 spiro atoms. The number of hydrogen-bond donors (Lipinski definition) is 1. The van der Waals surface area contributed by atoms with Crippen LogP contribution in [0.3, 0.4) is 0 Å². The number of carbonyl (C=O) groups excluding carboxylic acids is 1. The van der Waals surface area contributed by atoms with Gasteiger partial charge in [0.1, 0.15) is 0 Å². The van der Waals surface area contributed by atoms with E-state index in [-0.39, 0.29) is 5.97 Å². The van der Waals surface area contributed by atoms with Crippen LogP contribution in [-0.2, 0) is 4.74 Å². The first-order valence-corrected chi connectivity index (χ1v) is 5.60. The van der Waals surface area contributed by atoms with Crippen molar-refractivity contribution in [3.63, 3.8) is 0 Å². The molecule has 16 heavy (non-hydrogen) atoms. The van der Waals surface area contributed by atoms with Crippen LogP contribution in [0, 0.1) is 13.8 Å². The molecular weight excluding hydrogens is 202 g/mol. The number of rotatable bonds is 4. The molecule has 0 heterocycles. The van der Waals surface area contributed by atoms with E-state index in [4.69, 9.17) is 10.5 Å². The molecule has 0 aromatic heterocycles. The fourth-order valence-corrected chi connectivity index (χ4v) is 1.49. The second-order valence-corrected chi connectivity index (χ2v) is 4.00. The van der Waals surface area contributed by atoms with Crippen molar-refractivity contribution in [3.05, 3.63) is 28.8 Å². The van der Waals surface area contributed by atoms with Crippen LogP contribution in [0.1, 0.15) is 41.3 Å². The van der Waals surface area contributed by atoms with Crippen LogP contribution in [0.15, 0.2) is 12.1 Å². The minimum Gasteiger partial charge on any atom is -0.462 e. The third-order valence-corrected chi connectivity index (χ3v) is 2.64. The summed E-state index contributed by atoms with van der Waals surface area (Å²) in [6, 6.07) is 3.54. The zero-order valence-corrected chi connectivity index (χ0v) is 10.2. The van der Waals surface area contributed by atoms with Crippen LogP contribution in [0.5, 0.6) is 0 Å². The lowest BCUT2D eigenvalue weighted by molar-refractivity contribution is 0.0499. The fraction of sp³-hybridized carbons (Fsp3) is 0.462. The van der Waals surface area contributed by atoms with E-state index >= 15 is 0 Å². The highest BCUT2D eigenvalue weighted by atomic mass is 16.5. The van der Waals surface area contributed by atoms with Gasteiger partial charge in [0.15, 0.2) is 0 Å². The number of carbonyl (C=O) groups is 1. The third-order valence-electron chi connectivity index (χ3n) is 2.64. The van der Waals surface area contributed by atoms with Gasteiger partial charge in [-0.15, -0.1) is 0 Å². The maximum absolute atomic E-state index is 11.8. The predicted molar refractivity (Wildman–Crippen MR) is 65.5 cm³/mol. The summed E-state index contributed by atoms with van der Waals surface area (Å²) >= 11 is 0. The molecule has 2 N–H and O–H groups in total. The first-order chi connectivity index (χ1) is 7.56. The van der Waals surface area contributed by atoms with Gasteiger partial charge in [0.2, 0.25) is 0 Å². The van der Waals surface area contributed by atoms with E-state index in [1.165, 1.54) is 0 Å². The Morgan fingerprint density at radius 2 is 2.06 bits per heavy atom. The monoisotopic (exact) mass is 221 g/mol. The van der Waals surface area contributed by atoms with Crippen LogP contribution in [0.4, 0.5) is 5.69 Å². The maximum Gasteiger partial charge on any atom is 0.338 e. The molecule has 0 saturated heterocycles. The molecule has 0 aliphatic carbocycles. The predicted octanol–water partition coefficient (Wildman–Crippen LogP) is 2.84. The summed E-state index contributed by atoms with van der Waals surface area (Å²) in [5.41, 5.74) is 8.85. The number of nitrogen functional groups attached to an aromatic ring is 1. The standard InChI is InChI=1S/C13H19NO2/c1-4-5-6-16-13(15)12-8-11(14)7-9(2)10(12)3/h7-8H,4-6,14H2,1-3H3. The van der Waals surface area contributed by atoms with Crippen LogP contribution in [-0.4, -0.2) is 12.6 Å². The zero-order valence-electron chi connectivity index (χ0n) is 10.2. The summed E-state index contributed by atoms with van der Waals surface area (Å²) in [5, 5.41) is 0. The van der Waals surface area contributed by atoms with Gasteiger partial charge >= 0.3 is 5.97 Å². The summed E-state index contributed by atoms with van der Waals surface area (Å²) in [6.07, 6.45) is 1.91. The van der Waals surface area contributed by atoms with Gasteiger partial charge in [0.05, 0.1) is 12.2 Å². The number of hydrogen-bond acceptors (Lipinski definition) is 3. The van der Waals surface area contributed by atoms with Gasteiger partial charge in [-0.25, -0.2) is 4.79 Å². The SMILES string of the molecule is CCCCOC(=O)c1cc(N)cc(C)c1C. The molecule has 0 radical (unpaired) electrons. The van der Waals surface area contributed by atoms with Crippen molar-refractivity contribution in [3.8, 4) is 0 Å². The first-order valence-electron chi connectivity index (χ1n) is 5.60. The Morgan fingerprint density at radius 3 is 2.69 bits per heavy atom. The topological polar surface area (TPSA) is 52.3 Å². The van der Waals surface area contributed by atoms with Gasteiger partial charge in [-0.3, -0.25) is 0 Å². The molecule has 0 aliphatic rings. The number of esters is 1. The number of aryl methyl sites for hydroxylation is 1. The molecule has 1 rings (SSSR count). The third kappa shape index (κ3) is 2.99. The molecule has 0 saturated carbocycles. The van der Waals surface area contributed by atoms with E-state index in [0.29, 0.717) is 17.9 Å². The highest BCUT2D eigenvalue weighted by molar-refractivity contribution is 5.92. The maximum atomic E-state index is 11.8. The van der Waals surface area contributed by atoms with Crippen molar-refractivity contribution in [1.29, 1.82) is 0 Å². The normalized spacial score (nSPS) is 10.2. The van der Waals surface area contributed by atoms with Crippen molar-refractivity contribution in [1.82, 2.24) is 0 Å². The summed E-state index contributed by atoms with van der Waals surface area (Å²) < 4.78 is 5.16. The summed E-state index contributed by atoms with van der Waals surface area (Å²) in [6.45, 7) is 6.38. The molecule has 0 fully saturated rings. The second-order valence-electron chi connectivity index (χ2n) is 4.00. The summed E-state index contributed by atoms with van der Waals surface area (Å²) in [7, 11) is 0. The lowest BCUT2D eigenvalue weighted by atomic mass is 10.0. The lowest BCUT2D eigenvalue weighted by Crippen LogP contribution is -2.09. The lowest BCUT2D eigenvalue weighted by Gasteiger charge is -2.10. The van der Waals surface area contributed by atoms with Crippen molar-refractivity contribution in [2.24, 2.45) is 0 Å². The Balaban J connectivity index is 2.82. The Kier molecular flexibility index (Phi) is 4.35. The van der Waals surface area contributed by atoms with E-state index < -0.39 is 0 Å². The molecule has 0 unspecified atom stereocenters. The second kappa shape index (κ2) is 5.54. The molecular formula is C13H19NO2. The molecule has 88 valence electrons. The Morgan fingerprint density at radius 1 is 1.38 bits per heavy atom. The smallest absolute Gasteiger partial charge is 0.338 e. The highest BCUT2D eigenvalue weighted by Crippen LogP contribution is 2.18. The average molecular weight is 221 g/mol. The Bertz CT molecular complexity index is 386. The van der Waals surface area contributed by atoms with E-state index in [9.17, 15) is 4.79 Å². The van der Waals surface area contributed by atoms with Gasteiger partial charge < -0.3 is 10.5 Å². The molecule has 1 aromatic carbocycles. The average Bonchev–Trinajstić information content (AvgIpc) is 2.23. The van der Waals surface area contributed by atoms with Crippen LogP contribution < -0.4 is 5.73 Å². The Labute approximate surface area is 96.6 Å². The number of ether oxygens (including phenoxy) is 1. The van der Waals surface area contributed by atoms with E-state index in [0.717, 1.165) is 24.0 Å². The minimum absolute atomic E-state index is 0.277. The van der Waals surface area contributed by atoms with E-state index in [2.05, 4.69) is 6.92 Å². The van der Waals surface area contributed by atoms with Crippen LogP contribution >= 0.6 is 0 Å². The van der Waals surface area contributed by atoms with Gasteiger partial charge in [-0.2, -0.15) is 0 Å². The van der Waals surface area contributed by atoms with Crippen LogP contribution in [0.25, 0.3) is 0 Å². The number of nitrogens with two attached hydrogens (primary N) is 1. The highest BCUT2D eigenvalue weighted by Gasteiger charge is 2.12. The van der Waals surface area contributed by atoms with E-state index in [1.54, 1.807) is 6.07 Å². The van der Waals surface area contributed by atoms with Crippen molar-refractivity contribution in [2.45, 2.75) is 33.6 Å². The molecule has 1 aromatic rings. The van der Waals surface area contributed by atoms with Gasteiger partial charge in [0.25, 0.3) is 0 Å². The number of unbranched alkanes of at least 4 members (excludes halogenated alkanes) is 1. The molecule has 0 bridgehead atoms. The summed E-state index contributed by atoms with van der Waals surface area (Å²) in [5.74, 6) is -0.277. The first kappa shape index (κ1) is 12.6. The number of benzene rings is 1. The molecule has 3 nitrogen and oxygen atoms in total. The zero-order chi connectivity index (χ0) is 12.1. The van der Waals surface area contributed by atoms with Gasteiger partial charge in [0, 0.05) is 5.69 Å². The Hall–Kier alpha value is -1.51. The summed E-state index contributed by atoms with van der Waals surface area (Å²) in [4.78, 5) is 11.8.